The molecule has 2 aromatic rings. The third-order valence-electron chi connectivity index (χ3n) is 3.70. The van der Waals surface area contributed by atoms with E-state index in [0.29, 0.717) is 18.7 Å². The molecule has 0 saturated carbocycles. The Morgan fingerprint density at radius 1 is 1.33 bits per heavy atom. The Balaban J connectivity index is 1.68. The standard InChI is InChI=1S/C15H17N3O5S/c1-24(20,21)15-17-16-14(23-15)12-8-5-9-18(12)13(19)10-22-11-6-3-2-4-7-11/h2-4,6-7,12H,5,8-10H2,1H3/t12-/m0/s1. The fraction of sp³-hybridized carbons (Fsp3) is 0.400. The molecule has 0 spiro atoms. The van der Waals surface area contributed by atoms with Crippen LogP contribution in [0, 0.1) is 0 Å². The molecule has 0 bridgehead atoms. The van der Waals surface area contributed by atoms with Gasteiger partial charge in [0.05, 0.1) is 0 Å². The Morgan fingerprint density at radius 2 is 2.08 bits per heavy atom. The van der Waals surface area contributed by atoms with E-state index in [1.54, 1.807) is 17.0 Å². The second kappa shape index (κ2) is 6.60. The van der Waals surface area contributed by atoms with Gasteiger partial charge in [0, 0.05) is 12.8 Å². The van der Waals surface area contributed by atoms with Crippen LogP contribution in [0.5, 0.6) is 5.75 Å². The summed E-state index contributed by atoms with van der Waals surface area (Å²) >= 11 is 0. The number of nitrogens with zero attached hydrogens (tertiary/aromatic N) is 3. The molecule has 24 heavy (non-hydrogen) atoms. The number of likely N-dealkylation sites (tertiary alicyclic amines) is 1. The molecule has 1 aliphatic heterocycles. The van der Waals surface area contributed by atoms with Gasteiger partial charge in [-0.05, 0) is 25.0 Å². The number of carbonyl (C=O) groups is 1. The van der Waals surface area contributed by atoms with Crippen LogP contribution in [0.3, 0.4) is 0 Å². The van der Waals surface area contributed by atoms with Crippen molar-refractivity contribution in [3.05, 3.63) is 36.2 Å². The highest BCUT2D eigenvalue weighted by Crippen LogP contribution is 2.31. The van der Waals surface area contributed by atoms with Gasteiger partial charge in [0.15, 0.2) is 6.61 Å². The van der Waals surface area contributed by atoms with Crippen molar-refractivity contribution in [2.75, 3.05) is 19.4 Å². The van der Waals surface area contributed by atoms with Crippen LogP contribution in [0.15, 0.2) is 40.0 Å². The maximum absolute atomic E-state index is 12.4. The maximum atomic E-state index is 12.4. The number of rotatable bonds is 5. The summed E-state index contributed by atoms with van der Waals surface area (Å²) in [6, 6.07) is 8.63. The maximum Gasteiger partial charge on any atom is 0.335 e. The number of hydrogen-bond acceptors (Lipinski definition) is 7. The molecule has 9 heteroatoms. The van der Waals surface area contributed by atoms with E-state index in [4.69, 9.17) is 9.15 Å². The van der Waals surface area contributed by atoms with E-state index in [0.717, 1.165) is 12.7 Å². The smallest absolute Gasteiger partial charge is 0.335 e. The summed E-state index contributed by atoms with van der Waals surface area (Å²) in [5.74, 6) is 0.542. The number of amides is 1. The van der Waals surface area contributed by atoms with Crippen LogP contribution in [-0.4, -0.2) is 48.8 Å². The van der Waals surface area contributed by atoms with Crippen molar-refractivity contribution in [2.24, 2.45) is 0 Å². The predicted molar refractivity (Wildman–Crippen MR) is 83.0 cm³/mol. The predicted octanol–water partition coefficient (Wildman–Crippen LogP) is 1.22. The SMILES string of the molecule is CS(=O)(=O)c1nnc([C@@H]2CCCN2C(=O)COc2ccccc2)o1. The number of hydrogen-bond donors (Lipinski definition) is 0. The van der Waals surface area contributed by atoms with E-state index in [-0.39, 0.29) is 18.4 Å². The fourth-order valence-corrected chi connectivity index (χ4v) is 3.00. The highest BCUT2D eigenvalue weighted by Gasteiger charge is 2.34. The van der Waals surface area contributed by atoms with Crippen LogP contribution >= 0.6 is 0 Å². The molecule has 0 N–H and O–H groups in total. The van der Waals surface area contributed by atoms with Gasteiger partial charge in [-0.1, -0.05) is 23.3 Å². The van der Waals surface area contributed by atoms with Gasteiger partial charge < -0.3 is 14.1 Å². The van der Waals surface area contributed by atoms with Gasteiger partial charge in [-0.15, -0.1) is 5.10 Å². The van der Waals surface area contributed by atoms with Crippen molar-refractivity contribution < 1.29 is 22.4 Å². The zero-order valence-corrected chi connectivity index (χ0v) is 13.9. The normalized spacial score (nSPS) is 17.9. The molecule has 128 valence electrons. The molecular weight excluding hydrogens is 334 g/mol. The van der Waals surface area contributed by atoms with Crippen LogP contribution < -0.4 is 4.74 Å². The van der Waals surface area contributed by atoms with Crippen LogP contribution in [0.25, 0.3) is 0 Å². The zero-order valence-electron chi connectivity index (χ0n) is 13.1. The second-order valence-corrected chi connectivity index (χ2v) is 7.42. The Kier molecular flexibility index (Phi) is 4.52. The summed E-state index contributed by atoms with van der Waals surface area (Å²) in [4.78, 5) is 14.0. The summed E-state index contributed by atoms with van der Waals surface area (Å²) in [5.41, 5.74) is 0. The zero-order chi connectivity index (χ0) is 17.2. The Labute approximate surface area is 139 Å². The Hall–Kier alpha value is -2.42. The molecule has 0 aliphatic carbocycles. The molecule has 1 aliphatic rings. The number of para-hydroxylation sites is 1. The van der Waals surface area contributed by atoms with E-state index in [9.17, 15) is 13.2 Å². The summed E-state index contributed by atoms with van der Waals surface area (Å²) in [6.45, 7) is 0.436. The first kappa shape index (κ1) is 16.4. The van der Waals surface area contributed by atoms with Gasteiger partial charge in [0.1, 0.15) is 11.8 Å². The number of carbonyl (C=O) groups excluding carboxylic acids is 1. The van der Waals surface area contributed by atoms with Crippen molar-refractivity contribution >= 4 is 15.7 Å². The molecule has 1 atom stereocenters. The number of sulfone groups is 1. The average molecular weight is 351 g/mol. The third kappa shape index (κ3) is 3.56. The molecule has 1 saturated heterocycles. The van der Waals surface area contributed by atoms with Gasteiger partial charge in [-0.2, -0.15) is 0 Å². The number of benzene rings is 1. The van der Waals surface area contributed by atoms with Crippen LogP contribution in [0.1, 0.15) is 24.8 Å². The monoisotopic (exact) mass is 351 g/mol. The van der Waals surface area contributed by atoms with Gasteiger partial charge in [0.2, 0.25) is 15.7 Å². The molecule has 1 amide bonds. The molecular formula is C15H17N3O5S. The largest absolute Gasteiger partial charge is 0.484 e. The summed E-state index contributed by atoms with van der Waals surface area (Å²) < 4.78 is 33.6. The van der Waals surface area contributed by atoms with Gasteiger partial charge >= 0.3 is 5.22 Å². The second-order valence-electron chi connectivity index (χ2n) is 5.53. The summed E-state index contributed by atoms with van der Waals surface area (Å²) in [5, 5.41) is 6.90. The number of aromatic nitrogens is 2. The first-order chi connectivity index (χ1) is 11.4. The van der Waals surface area contributed by atoms with Gasteiger partial charge in [-0.25, -0.2) is 8.42 Å². The highest BCUT2D eigenvalue weighted by molar-refractivity contribution is 7.90. The molecule has 8 nitrogen and oxygen atoms in total. The molecule has 2 heterocycles. The molecule has 3 rings (SSSR count). The average Bonchev–Trinajstić information content (AvgIpc) is 3.21. The Morgan fingerprint density at radius 3 is 2.75 bits per heavy atom. The molecule has 1 fully saturated rings. The first-order valence-corrected chi connectivity index (χ1v) is 9.35. The lowest BCUT2D eigenvalue weighted by Crippen LogP contribution is -2.34. The van der Waals surface area contributed by atoms with E-state index in [1.165, 1.54) is 0 Å². The molecule has 1 aromatic heterocycles. The van der Waals surface area contributed by atoms with E-state index in [2.05, 4.69) is 10.2 Å². The highest BCUT2D eigenvalue weighted by atomic mass is 32.2. The topological polar surface area (TPSA) is 103 Å². The molecule has 0 radical (unpaired) electrons. The fourth-order valence-electron chi connectivity index (χ4n) is 2.57. The third-order valence-corrected chi connectivity index (χ3v) is 4.50. The summed E-state index contributed by atoms with van der Waals surface area (Å²) in [7, 11) is -3.56. The van der Waals surface area contributed by atoms with Gasteiger partial charge in [-0.3, -0.25) is 4.79 Å². The van der Waals surface area contributed by atoms with Crippen LogP contribution in [0.4, 0.5) is 0 Å². The molecule has 1 aromatic carbocycles. The van der Waals surface area contributed by atoms with E-state index < -0.39 is 21.1 Å². The van der Waals surface area contributed by atoms with Gasteiger partial charge in [0.25, 0.3) is 5.91 Å². The first-order valence-electron chi connectivity index (χ1n) is 7.46. The number of ether oxygens (including phenoxy) is 1. The van der Waals surface area contributed by atoms with E-state index in [1.807, 2.05) is 18.2 Å². The lowest BCUT2D eigenvalue weighted by molar-refractivity contribution is -0.134. The minimum atomic E-state index is -3.56. The van der Waals surface area contributed by atoms with Crippen LogP contribution in [-0.2, 0) is 14.6 Å². The van der Waals surface area contributed by atoms with Crippen molar-refractivity contribution in [3.63, 3.8) is 0 Å². The van der Waals surface area contributed by atoms with Crippen molar-refractivity contribution in [1.29, 1.82) is 0 Å². The Bertz CT molecular complexity index is 819. The minimum Gasteiger partial charge on any atom is -0.484 e. The van der Waals surface area contributed by atoms with Crippen molar-refractivity contribution in [3.8, 4) is 5.75 Å². The lowest BCUT2D eigenvalue weighted by Gasteiger charge is -2.22. The van der Waals surface area contributed by atoms with Crippen LogP contribution in [0.2, 0.25) is 0 Å². The lowest BCUT2D eigenvalue weighted by atomic mass is 10.2. The van der Waals surface area contributed by atoms with E-state index >= 15 is 0 Å². The quantitative estimate of drug-likeness (QED) is 0.798. The molecule has 0 unspecified atom stereocenters. The van der Waals surface area contributed by atoms with Crippen molar-refractivity contribution in [1.82, 2.24) is 15.1 Å². The summed E-state index contributed by atoms with van der Waals surface area (Å²) in [6.07, 6.45) is 2.41. The minimum absolute atomic E-state index is 0.104. The van der Waals surface area contributed by atoms with Crippen molar-refractivity contribution in [2.45, 2.75) is 24.1 Å².